The SMILES string of the molecule is Cc1cc(-c2cc(N)on2)cc(O)c1C. The minimum atomic E-state index is 0.256. The molecular weight excluding hydrogens is 192 g/mol. The second-order valence-corrected chi connectivity index (χ2v) is 3.55. The quantitative estimate of drug-likeness (QED) is 0.747. The van der Waals surface area contributed by atoms with E-state index in [0.29, 0.717) is 5.69 Å². The van der Waals surface area contributed by atoms with Crippen LogP contribution >= 0.6 is 0 Å². The van der Waals surface area contributed by atoms with Gasteiger partial charge in [0.1, 0.15) is 11.4 Å². The Morgan fingerprint density at radius 3 is 2.53 bits per heavy atom. The van der Waals surface area contributed by atoms with Gasteiger partial charge in [-0.05, 0) is 37.1 Å². The molecule has 15 heavy (non-hydrogen) atoms. The van der Waals surface area contributed by atoms with Crippen LogP contribution in [0.5, 0.6) is 5.75 Å². The Balaban J connectivity index is 2.55. The number of aromatic hydroxyl groups is 1. The Bertz CT molecular complexity index is 480. The van der Waals surface area contributed by atoms with Crippen molar-refractivity contribution in [1.82, 2.24) is 5.16 Å². The van der Waals surface area contributed by atoms with Crippen molar-refractivity contribution in [3.05, 3.63) is 29.3 Å². The van der Waals surface area contributed by atoms with Crippen molar-refractivity contribution in [2.75, 3.05) is 5.73 Å². The van der Waals surface area contributed by atoms with E-state index in [1.54, 1.807) is 12.1 Å². The van der Waals surface area contributed by atoms with Crippen LogP contribution in [0.3, 0.4) is 0 Å². The number of phenols is 1. The Morgan fingerprint density at radius 1 is 1.27 bits per heavy atom. The Kier molecular flexibility index (Phi) is 2.11. The fraction of sp³-hybridized carbons (Fsp3) is 0.182. The van der Waals surface area contributed by atoms with Crippen LogP contribution in [0.2, 0.25) is 0 Å². The van der Waals surface area contributed by atoms with E-state index in [-0.39, 0.29) is 11.6 Å². The number of phenolic OH excluding ortho intramolecular Hbond substituents is 1. The first-order chi connectivity index (χ1) is 7.08. The lowest BCUT2D eigenvalue weighted by Crippen LogP contribution is -1.85. The van der Waals surface area contributed by atoms with E-state index in [1.165, 1.54) is 0 Å². The Morgan fingerprint density at radius 2 is 2.00 bits per heavy atom. The molecule has 0 aliphatic rings. The van der Waals surface area contributed by atoms with Crippen molar-refractivity contribution in [1.29, 1.82) is 0 Å². The maximum Gasteiger partial charge on any atom is 0.222 e. The third-order valence-corrected chi connectivity index (χ3v) is 2.46. The second-order valence-electron chi connectivity index (χ2n) is 3.55. The van der Waals surface area contributed by atoms with E-state index in [2.05, 4.69) is 5.16 Å². The molecule has 0 fully saturated rings. The van der Waals surface area contributed by atoms with Gasteiger partial charge in [-0.1, -0.05) is 5.16 Å². The van der Waals surface area contributed by atoms with Gasteiger partial charge in [0.25, 0.3) is 0 Å². The summed E-state index contributed by atoms with van der Waals surface area (Å²) in [5, 5.41) is 13.4. The monoisotopic (exact) mass is 204 g/mol. The lowest BCUT2D eigenvalue weighted by atomic mass is 10.0. The molecule has 0 amide bonds. The normalized spacial score (nSPS) is 10.5. The molecule has 0 bridgehead atoms. The average molecular weight is 204 g/mol. The first-order valence-corrected chi connectivity index (χ1v) is 4.60. The van der Waals surface area contributed by atoms with Gasteiger partial charge in [0.05, 0.1) is 0 Å². The molecule has 0 aliphatic heterocycles. The molecule has 3 N–H and O–H groups in total. The fourth-order valence-electron chi connectivity index (χ4n) is 1.41. The maximum absolute atomic E-state index is 9.66. The van der Waals surface area contributed by atoms with Crippen LogP contribution in [-0.4, -0.2) is 10.3 Å². The van der Waals surface area contributed by atoms with Gasteiger partial charge in [0, 0.05) is 11.6 Å². The van der Waals surface area contributed by atoms with Crippen LogP contribution in [0.25, 0.3) is 11.3 Å². The summed E-state index contributed by atoms with van der Waals surface area (Å²) >= 11 is 0. The van der Waals surface area contributed by atoms with E-state index >= 15 is 0 Å². The summed E-state index contributed by atoms with van der Waals surface area (Å²) in [4.78, 5) is 0. The molecule has 0 saturated heterocycles. The van der Waals surface area contributed by atoms with E-state index < -0.39 is 0 Å². The molecule has 1 aromatic heterocycles. The number of benzene rings is 1. The number of rotatable bonds is 1. The van der Waals surface area contributed by atoms with Crippen molar-refractivity contribution in [2.24, 2.45) is 0 Å². The highest BCUT2D eigenvalue weighted by molar-refractivity contribution is 5.65. The van der Waals surface area contributed by atoms with Crippen LogP contribution in [0, 0.1) is 13.8 Å². The standard InChI is InChI=1S/C11H12N2O2/c1-6-3-8(4-10(14)7(6)2)9-5-11(12)15-13-9/h3-5,14H,12H2,1-2H3. The van der Waals surface area contributed by atoms with Gasteiger partial charge in [-0.3, -0.25) is 0 Å². The van der Waals surface area contributed by atoms with E-state index in [1.807, 2.05) is 19.9 Å². The summed E-state index contributed by atoms with van der Waals surface area (Å²) in [6, 6.07) is 5.22. The molecular formula is C11H12N2O2. The summed E-state index contributed by atoms with van der Waals surface area (Å²) < 4.78 is 4.78. The van der Waals surface area contributed by atoms with Gasteiger partial charge in [0.2, 0.25) is 5.88 Å². The number of nitrogens with zero attached hydrogens (tertiary/aromatic N) is 1. The molecule has 0 spiro atoms. The first kappa shape index (κ1) is 9.58. The summed E-state index contributed by atoms with van der Waals surface area (Å²) in [5.74, 6) is 0.522. The number of aryl methyl sites for hydroxylation is 1. The summed E-state index contributed by atoms with van der Waals surface area (Å²) in [7, 11) is 0. The molecule has 0 saturated carbocycles. The van der Waals surface area contributed by atoms with Gasteiger partial charge in [0.15, 0.2) is 0 Å². The molecule has 4 heteroatoms. The van der Waals surface area contributed by atoms with Crippen molar-refractivity contribution >= 4 is 5.88 Å². The van der Waals surface area contributed by atoms with E-state index in [4.69, 9.17) is 10.3 Å². The number of hydrogen-bond acceptors (Lipinski definition) is 4. The maximum atomic E-state index is 9.66. The van der Waals surface area contributed by atoms with Gasteiger partial charge in [-0.15, -0.1) is 0 Å². The van der Waals surface area contributed by atoms with Crippen molar-refractivity contribution in [2.45, 2.75) is 13.8 Å². The third-order valence-electron chi connectivity index (χ3n) is 2.46. The molecule has 2 rings (SSSR count). The Labute approximate surface area is 87.3 Å². The smallest absolute Gasteiger partial charge is 0.222 e. The van der Waals surface area contributed by atoms with Gasteiger partial charge in [-0.25, -0.2) is 0 Å². The number of nitrogen functional groups attached to an aromatic ring is 1. The third kappa shape index (κ3) is 1.66. The Hall–Kier alpha value is -1.97. The minimum Gasteiger partial charge on any atom is -0.508 e. The number of nitrogens with two attached hydrogens (primary N) is 1. The lowest BCUT2D eigenvalue weighted by molar-refractivity contribution is 0.439. The summed E-state index contributed by atoms with van der Waals surface area (Å²) in [6.45, 7) is 3.80. The highest BCUT2D eigenvalue weighted by Crippen LogP contribution is 2.28. The predicted octanol–water partition coefficient (Wildman–Crippen LogP) is 2.25. The molecule has 0 aliphatic carbocycles. The molecule has 1 aromatic carbocycles. The van der Waals surface area contributed by atoms with Crippen molar-refractivity contribution in [3.8, 4) is 17.0 Å². The van der Waals surface area contributed by atoms with Crippen molar-refractivity contribution in [3.63, 3.8) is 0 Å². The van der Waals surface area contributed by atoms with E-state index in [9.17, 15) is 5.11 Å². The number of aromatic nitrogens is 1. The summed E-state index contributed by atoms with van der Waals surface area (Å²) in [5.41, 5.74) is 8.74. The molecule has 0 atom stereocenters. The molecule has 78 valence electrons. The molecule has 0 radical (unpaired) electrons. The van der Waals surface area contributed by atoms with Crippen LogP contribution in [0.1, 0.15) is 11.1 Å². The summed E-state index contributed by atoms with van der Waals surface area (Å²) in [6.07, 6.45) is 0. The molecule has 2 aromatic rings. The topological polar surface area (TPSA) is 72.3 Å². The highest BCUT2D eigenvalue weighted by atomic mass is 16.5. The van der Waals surface area contributed by atoms with Crippen LogP contribution < -0.4 is 5.73 Å². The lowest BCUT2D eigenvalue weighted by Gasteiger charge is -2.05. The number of anilines is 1. The molecule has 4 nitrogen and oxygen atoms in total. The largest absolute Gasteiger partial charge is 0.508 e. The van der Waals surface area contributed by atoms with Crippen LogP contribution in [0.15, 0.2) is 22.7 Å². The van der Waals surface area contributed by atoms with Gasteiger partial charge < -0.3 is 15.4 Å². The minimum absolute atomic E-state index is 0.256. The zero-order chi connectivity index (χ0) is 11.0. The van der Waals surface area contributed by atoms with Gasteiger partial charge >= 0.3 is 0 Å². The van der Waals surface area contributed by atoms with Gasteiger partial charge in [-0.2, -0.15) is 0 Å². The predicted molar refractivity (Wildman–Crippen MR) is 57.5 cm³/mol. The zero-order valence-electron chi connectivity index (χ0n) is 8.61. The molecule has 1 heterocycles. The van der Waals surface area contributed by atoms with Crippen LogP contribution in [0.4, 0.5) is 5.88 Å². The fourth-order valence-corrected chi connectivity index (χ4v) is 1.41. The zero-order valence-corrected chi connectivity index (χ0v) is 8.61. The number of hydrogen-bond donors (Lipinski definition) is 2. The van der Waals surface area contributed by atoms with Crippen molar-refractivity contribution < 1.29 is 9.63 Å². The van der Waals surface area contributed by atoms with E-state index in [0.717, 1.165) is 16.7 Å². The highest BCUT2D eigenvalue weighted by Gasteiger charge is 2.08. The average Bonchev–Trinajstić information content (AvgIpc) is 2.60. The van der Waals surface area contributed by atoms with Crippen LogP contribution in [-0.2, 0) is 0 Å². The second kappa shape index (κ2) is 3.31. The first-order valence-electron chi connectivity index (χ1n) is 4.60. The molecule has 0 unspecified atom stereocenters.